The van der Waals surface area contributed by atoms with Gasteiger partial charge in [-0.05, 0) is 84.4 Å². The highest BCUT2D eigenvalue weighted by atomic mass is 19.1. The monoisotopic (exact) mass is 645 g/mol. The maximum Gasteiger partial charge on any atom is 0.257 e. The van der Waals surface area contributed by atoms with Crippen molar-refractivity contribution in [2.75, 3.05) is 51.2 Å². The van der Waals surface area contributed by atoms with Crippen molar-refractivity contribution in [3.05, 3.63) is 65.6 Å². The van der Waals surface area contributed by atoms with E-state index in [-0.39, 0.29) is 29.4 Å². The van der Waals surface area contributed by atoms with Gasteiger partial charge in [-0.3, -0.25) is 14.7 Å². The molecule has 2 fully saturated rings. The van der Waals surface area contributed by atoms with E-state index in [1.165, 1.54) is 55.9 Å². The molecule has 0 saturated carbocycles. The molecule has 2 aromatic heterocycles. The summed E-state index contributed by atoms with van der Waals surface area (Å²) in [7, 11) is 2.25. The summed E-state index contributed by atoms with van der Waals surface area (Å²) in [5.41, 5.74) is 2.56. The Morgan fingerprint density at radius 3 is 2.64 bits per heavy atom. The third kappa shape index (κ3) is 7.67. The molecule has 0 N–H and O–H groups in total. The first-order valence-corrected chi connectivity index (χ1v) is 17.2. The van der Waals surface area contributed by atoms with Crippen molar-refractivity contribution in [1.29, 1.82) is 0 Å². The first-order chi connectivity index (χ1) is 22.8. The molecule has 11 heteroatoms. The summed E-state index contributed by atoms with van der Waals surface area (Å²) < 4.78 is 27.3. The number of carbonyl (C=O) groups is 1. The van der Waals surface area contributed by atoms with Crippen molar-refractivity contribution in [2.24, 2.45) is 0 Å². The molecule has 0 unspecified atom stereocenters. The van der Waals surface area contributed by atoms with Crippen LogP contribution in [0, 0.1) is 5.82 Å². The molecule has 0 aliphatic carbocycles. The number of fused-ring (bicyclic) bond motifs is 1. The number of hydrogen-bond acceptors (Lipinski definition) is 9. The van der Waals surface area contributed by atoms with Gasteiger partial charge in [0.25, 0.3) is 5.91 Å². The lowest BCUT2D eigenvalue weighted by Gasteiger charge is -2.35. The van der Waals surface area contributed by atoms with Crippen molar-refractivity contribution in [3.8, 4) is 17.2 Å². The number of aromatic nitrogens is 3. The summed E-state index contributed by atoms with van der Waals surface area (Å²) in [5.74, 6) is 1.52. The van der Waals surface area contributed by atoms with E-state index < -0.39 is 5.82 Å². The Hall–Kier alpha value is -3.83. The van der Waals surface area contributed by atoms with E-state index >= 15 is 0 Å². The van der Waals surface area contributed by atoms with Crippen LogP contribution >= 0.6 is 0 Å². The normalized spacial score (nSPS) is 19.2. The number of hydrogen-bond donors (Lipinski definition) is 0. The van der Waals surface area contributed by atoms with Gasteiger partial charge in [-0.15, -0.1) is 0 Å². The second kappa shape index (κ2) is 14.9. The van der Waals surface area contributed by atoms with Gasteiger partial charge >= 0.3 is 0 Å². The van der Waals surface area contributed by atoms with E-state index in [1.54, 1.807) is 11.1 Å². The third-order valence-corrected chi connectivity index (χ3v) is 9.91. The van der Waals surface area contributed by atoms with Gasteiger partial charge in [0.15, 0.2) is 11.6 Å². The molecule has 1 amide bonds. The molecule has 0 bridgehead atoms. The topological polar surface area (TPSA) is 87.2 Å². The molecule has 10 nitrogen and oxygen atoms in total. The number of likely N-dealkylation sites (tertiary alicyclic amines) is 1. The number of benzene rings is 1. The van der Waals surface area contributed by atoms with Crippen molar-refractivity contribution < 1.29 is 18.7 Å². The van der Waals surface area contributed by atoms with E-state index in [1.807, 2.05) is 33.0 Å². The van der Waals surface area contributed by atoms with Crippen LogP contribution in [0.15, 0.2) is 43.0 Å². The maximum absolute atomic E-state index is 14.3. The Morgan fingerprint density at radius 2 is 1.89 bits per heavy atom. The molecule has 1 aromatic carbocycles. The molecule has 47 heavy (non-hydrogen) atoms. The quantitative estimate of drug-likeness (QED) is 0.266. The molecule has 5 heterocycles. The maximum atomic E-state index is 14.3. The molecule has 1 atom stereocenters. The number of carbonyl (C=O) groups excluding carboxylic acids is 1. The second-order valence-corrected chi connectivity index (χ2v) is 13.3. The Morgan fingerprint density at radius 1 is 1.06 bits per heavy atom. The van der Waals surface area contributed by atoms with Crippen LogP contribution in [0.25, 0.3) is 0 Å². The van der Waals surface area contributed by atoms with Crippen LogP contribution in [0.4, 0.5) is 10.2 Å². The van der Waals surface area contributed by atoms with Crippen LogP contribution < -0.4 is 14.4 Å². The van der Waals surface area contributed by atoms with Crippen molar-refractivity contribution in [2.45, 2.75) is 84.0 Å². The summed E-state index contributed by atoms with van der Waals surface area (Å²) in [5, 5.41) is 0. The number of amides is 1. The van der Waals surface area contributed by atoms with Gasteiger partial charge in [0.05, 0.1) is 11.8 Å². The van der Waals surface area contributed by atoms with Crippen molar-refractivity contribution >= 4 is 11.7 Å². The van der Waals surface area contributed by atoms with Gasteiger partial charge in [-0.2, -0.15) is 0 Å². The van der Waals surface area contributed by atoms with E-state index in [2.05, 4.69) is 31.7 Å². The molecule has 2 saturated heterocycles. The third-order valence-electron chi connectivity index (χ3n) is 9.91. The number of pyridine rings is 1. The first-order valence-electron chi connectivity index (χ1n) is 17.2. The Bertz CT molecular complexity index is 1530. The van der Waals surface area contributed by atoms with Crippen LogP contribution in [0.3, 0.4) is 0 Å². The molecule has 3 aliphatic rings. The van der Waals surface area contributed by atoms with E-state index in [4.69, 9.17) is 14.5 Å². The average molecular weight is 646 g/mol. The number of halogens is 1. The highest BCUT2D eigenvalue weighted by Crippen LogP contribution is 2.35. The SMILES string of the molecule is CCN(C(=O)c1cc(F)ccc1Oc1cncnc1N1CCC(Oc2ccnc3c2CN(CC[C@@H]2CCCN2C)CC3)CC1)C(C)C. The standard InChI is InChI=1S/C36H48FN7O3/c1-5-44(25(2)3)36(45)29-21-26(37)8-9-32(29)47-34-22-38-24-40-35(34)43-19-12-28(13-20-43)46-33-10-15-39-31-14-18-42(23-30(31)33)17-11-27-7-6-16-41(27)4/h8-10,15,21-22,24-25,27-28H,5-7,11-14,16-20,23H2,1-4H3/t27-/m0/s1. The predicted molar refractivity (Wildman–Crippen MR) is 180 cm³/mol. The summed E-state index contributed by atoms with van der Waals surface area (Å²) in [6.07, 6.45) is 11.5. The van der Waals surface area contributed by atoms with Gasteiger partial charge in [0.2, 0.25) is 0 Å². The van der Waals surface area contributed by atoms with E-state index in [0.717, 1.165) is 63.4 Å². The zero-order chi connectivity index (χ0) is 32.9. The smallest absolute Gasteiger partial charge is 0.257 e. The second-order valence-electron chi connectivity index (χ2n) is 13.3. The highest BCUT2D eigenvalue weighted by molar-refractivity contribution is 5.97. The first kappa shape index (κ1) is 33.1. The fourth-order valence-corrected chi connectivity index (χ4v) is 7.20. The molecular weight excluding hydrogens is 597 g/mol. The Kier molecular flexibility index (Phi) is 10.5. The molecule has 6 rings (SSSR count). The predicted octanol–water partition coefficient (Wildman–Crippen LogP) is 5.56. The largest absolute Gasteiger partial charge is 0.490 e. The van der Waals surface area contributed by atoms with Crippen molar-refractivity contribution in [1.82, 2.24) is 29.7 Å². The Labute approximate surface area is 277 Å². The molecule has 0 radical (unpaired) electrons. The summed E-state index contributed by atoms with van der Waals surface area (Å²) in [6.45, 7) is 12.0. The minimum absolute atomic E-state index is 0.0387. The number of anilines is 1. The fourth-order valence-electron chi connectivity index (χ4n) is 7.20. The fraction of sp³-hybridized carbons (Fsp3) is 0.556. The zero-order valence-corrected chi connectivity index (χ0v) is 28.2. The molecule has 0 spiro atoms. The lowest BCUT2D eigenvalue weighted by Crippen LogP contribution is -2.39. The lowest BCUT2D eigenvalue weighted by atomic mass is 10.0. The van der Waals surface area contributed by atoms with E-state index in [9.17, 15) is 9.18 Å². The average Bonchev–Trinajstić information content (AvgIpc) is 3.49. The number of ether oxygens (including phenoxy) is 2. The summed E-state index contributed by atoms with van der Waals surface area (Å²) in [4.78, 5) is 35.7. The minimum Gasteiger partial charge on any atom is -0.490 e. The molecule has 3 aliphatic heterocycles. The number of piperidine rings is 1. The van der Waals surface area contributed by atoms with E-state index in [0.29, 0.717) is 24.2 Å². The zero-order valence-electron chi connectivity index (χ0n) is 28.2. The van der Waals surface area contributed by atoms with Crippen LogP contribution in [0.1, 0.15) is 74.5 Å². The van der Waals surface area contributed by atoms with Crippen LogP contribution in [0.5, 0.6) is 17.2 Å². The number of nitrogens with zero attached hydrogens (tertiary/aromatic N) is 7. The van der Waals surface area contributed by atoms with Gasteiger partial charge in [-0.1, -0.05) is 0 Å². The Balaban J connectivity index is 1.10. The molecule has 252 valence electrons. The summed E-state index contributed by atoms with van der Waals surface area (Å²) in [6, 6.07) is 6.72. The van der Waals surface area contributed by atoms with Crippen LogP contribution in [-0.2, 0) is 13.0 Å². The minimum atomic E-state index is -0.493. The lowest BCUT2D eigenvalue weighted by molar-refractivity contribution is 0.0713. The molecule has 3 aromatic rings. The summed E-state index contributed by atoms with van der Waals surface area (Å²) >= 11 is 0. The van der Waals surface area contributed by atoms with Crippen LogP contribution in [0.2, 0.25) is 0 Å². The number of rotatable bonds is 11. The van der Waals surface area contributed by atoms with Gasteiger partial charge in [0.1, 0.15) is 29.7 Å². The van der Waals surface area contributed by atoms with Gasteiger partial charge < -0.3 is 24.2 Å². The molecular formula is C36H48FN7O3. The highest BCUT2D eigenvalue weighted by Gasteiger charge is 2.29. The van der Waals surface area contributed by atoms with Crippen LogP contribution in [-0.4, -0.2) is 100 Å². The van der Waals surface area contributed by atoms with Gasteiger partial charge in [0, 0.05) is 81.5 Å². The van der Waals surface area contributed by atoms with Gasteiger partial charge in [-0.25, -0.2) is 14.4 Å². The van der Waals surface area contributed by atoms with Crippen molar-refractivity contribution in [3.63, 3.8) is 0 Å².